The topological polar surface area (TPSA) is 47.0 Å². The Morgan fingerprint density at radius 2 is 2.21 bits per heavy atom. The van der Waals surface area contributed by atoms with Gasteiger partial charge in [0, 0.05) is 11.3 Å². The van der Waals surface area contributed by atoms with Gasteiger partial charge in [0.25, 0.3) is 0 Å². The van der Waals surface area contributed by atoms with Crippen molar-refractivity contribution in [2.24, 2.45) is 0 Å². The molecule has 19 heavy (non-hydrogen) atoms. The summed E-state index contributed by atoms with van der Waals surface area (Å²) in [5, 5.41) is 3.58. The van der Waals surface area contributed by atoms with Crippen molar-refractivity contribution in [2.45, 2.75) is 12.8 Å². The Balaban J connectivity index is 2.24. The minimum atomic E-state index is 0.377. The number of aromatic nitrogens is 2. The fourth-order valence-electron chi connectivity index (χ4n) is 1.60. The monoisotopic (exact) mass is 297 g/mol. The number of alkyl halides is 1. The van der Waals surface area contributed by atoms with E-state index in [9.17, 15) is 0 Å². The van der Waals surface area contributed by atoms with Gasteiger partial charge in [-0.2, -0.15) is 0 Å². The summed E-state index contributed by atoms with van der Waals surface area (Å²) in [6.45, 7) is 2.54. The van der Waals surface area contributed by atoms with Crippen molar-refractivity contribution in [3.63, 3.8) is 0 Å². The van der Waals surface area contributed by atoms with Gasteiger partial charge in [-0.1, -0.05) is 11.6 Å². The van der Waals surface area contributed by atoms with Crippen molar-refractivity contribution in [1.82, 2.24) is 9.97 Å². The molecule has 1 aromatic carbocycles. The molecule has 2 rings (SSSR count). The maximum Gasteiger partial charge on any atom is 0.152 e. The molecule has 0 fully saturated rings. The molecule has 2 aromatic rings. The molecule has 0 amide bonds. The quantitative estimate of drug-likeness (QED) is 0.847. The summed E-state index contributed by atoms with van der Waals surface area (Å²) < 4.78 is 5.49. The van der Waals surface area contributed by atoms with Crippen molar-refractivity contribution in [3.05, 3.63) is 41.3 Å². The number of benzene rings is 1. The molecule has 0 aliphatic heterocycles. The van der Waals surface area contributed by atoms with Crippen LogP contribution in [0.25, 0.3) is 0 Å². The third-order valence-electron chi connectivity index (χ3n) is 2.43. The first kappa shape index (κ1) is 13.9. The fourth-order valence-corrected chi connectivity index (χ4v) is 1.96. The third-order valence-corrected chi connectivity index (χ3v) is 3.00. The molecule has 1 heterocycles. The summed E-state index contributed by atoms with van der Waals surface area (Å²) in [5.74, 6) is 1.72. The Bertz CT molecular complexity index is 563. The Hall–Kier alpha value is -1.52. The van der Waals surface area contributed by atoms with Crippen LogP contribution in [0, 0.1) is 0 Å². The Labute approximate surface area is 121 Å². The maximum atomic E-state index is 5.99. The van der Waals surface area contributed by atoms with Crippen LogP contribution in [0.3, 0.4) is 0 Å². The number of halogens is 2. The summed E-state index contributed by atoms with van der Waals surface area (Å²) in [5.41, 5.74) is 1.76. The van der Waals surface area contributed by atoms with Gasteiger partial charge in [-0.05, 0) is 25.1 Å². The second-order valence-electron chi connectivity index (χ2n) is 3.73. The summed E-state index contributed by atoms with van der Waals surface area (Å²) in [6.07, 6.45) is 2.97. The molecule has 100 valence electrons. The Morgan fingerprint density at radius 1 is 1.37 bits per heavy atom. The van der Waals surface area contributed by atoms with E-state index in [4.69, 9.17) is 27.9 Å². The zero-order valence-electron chi connectivity index (χ0n) is 10.4. The van der Waals surface area contributed by atoms with Crippen LogP contribution in [-0.4, -0.2) is 16.6 Å². The zero-order valence-corrected chi connectivity index (χ0v) is 11.9. The lowest BCUT2D eigenvalue weighted by Gasteiger charge is -2.11. The smallest absolute Gasteiger partial charge is 0.152 e. The van der Waals surface area contributed by atoms with Gasteiger partial charge in [-0.25, -0.2) is 9.97 Å². The molecule has 0 radical (unpaired) electrons. The Morgan fingerprint density at radius 3 is 2.89 bits per heavy atom. The van der Waals surface area contributed by atoms with E-state index in [-0.39, 0.29) is 0 Å². The van der Waals surface area contributed by atoms with Crippen LogP contribution < -0.4 is 10.1 Å². The molecule has 0 saturated carbocycles. The number of ether oxygens (including phenoxy) is 1. The van der Waals surface area contributed by atoms with Crippen LogP contribution in [0.5, 0.6) is 5.75 Å². The molecule has 0 bridgehead atoms. The van der Waals surface area contributed by atoms with E-state index in [1.165, 1.54) is 12.5 Å². The first-order chi connectivity index (χ1) is 9.24. The van der Waals surface area contributed by atoms with Gasteiger partial charge < -0.3 is 10.1 Å². The molecule has 0 unspecified atom stereocenters. The second-order valence-corrected chi connectivity index (χ2v) is 4.41. The molecule has 1 aromatic heterocycles. The summed E-state index contributed by atoms with van der Waals surface area (Å²) in [7, 11) is 0. The predicted molar refractivity (Wildman–Crippen MR) is 77.5 cm³/mol. The van der Waals surface area contributed by atoms with Crippen LogP contribution in [0.4, 0.5) is 11.5 Å². The third kappa shape index (κ3) is 3.49. The predicted octanol–water partition coefficient (Wildman–Crippen LogP) is 4.01. The lowest BCUT2D eigenvalue weighted by molar-refractivity contribution is 0.337. The molecule has 0 atom stereocenters. The number of rotatable bonds is 5. The van der Waals surface area contributed by atoms with Crippen LogP contribution in [0.1, 0.15) is 12.5 Å². The number of hydrogen-bond donors (Lipinski definition) is 1. The zero-order chi connectivity index (χ0) is 13.7. The van der Waals surface area contributed by atoms with E-state index in [0.29, 0.717) is 23.3 Å². The lowest BCUT2D eigenvalue weighted by atomic mass is 10.2. The molecule has 1 N–H and O–H groups in total. The van der Waals surface area contributed by atoms with Crippen molar-refractivity contribution in [1.29, 1.82) is 0 Å². The average molecular weight is 298 g/mol. The SMILES string of the molecule is CCOc1ccc(Nc2ncncc2Cl)cc1CCl. The van der Waals surface area contributed by atoms with Crippen LogP contribution in [0.15, 0.2) is 30.7 Å². The van der Waals surface area contributed by atoms with Gasteiger partial charge in [-0.3, -0.25) is 0 Å². The number of nitrogens with one attached hydrogen (secondary N) is 1. The largest absolute Gasteiger partial charge is 0.494 e. The summed E-state index contributed by atoms with van der Waals surface area (Å²) in [6, 6.07) is 5.68. The molecule has 4 nitrogen and oxygen atoms in total. The summed E-state index contributed by atoms with van der Waals surface area (Å²) >= 11 is 11.9. The highest BCUT2D eigenvalue weighted by Crippen LogP contribution is 2.27. The minimum absolute atomic E-state index is 0.377. The van der Waals surface area contributed by atoms with Gasteiger partial charge in [0.15, 0.2) is 5.82 Å². The summed E-state index contributed by atoms with van der Waals surface area (Å²) in [4.78, 5) is 7.90. The fraction of sp³-hybridized carbons (Fsp3) is 0.231. The van der Waals surface area contributed by atoms with Gasteiger partial charge >= 0.3 is 0 Å². The highest BCUT2D eigenvalue weighted by atomic mass is 35.5. The molecule has 0 spiro atoms. The molecule has 0 saturated heterocycles. The standard InChI is InChI=1S/C13H13Cl2N3O/c1-2-19-12-4-3-10(5-9(12)6-14)18-13-11(15)7-16-8-17-13/h3-5,7-8H,2,6H2,1H3,(H,16,17,18). The van der Waals surface area contributed by atoms with E-state index >= 15 is 0 Å². The van der Waals surface area contributed by atoms with Crippen LogP contribution >= 0.6 is 23.2 Å². The number of anilines is 2. The maximum absolute atomic E-state index is 5.99. The average Bonchev–Trinajstić information content (AvgIpc) is 2.43. The van der Waals surface area contributed by atoms with E-state index in [1.807, 2.05) is 25.1 Å². The first-order valence-electron chi connectivity index (χ1n) is 5.78. The highest BCUT2D eigenvalue weighted by Gasteiger charge is 2.06. The van der Waals surface area contributed by atoms with Crippen LogP contribution in [0.2, 0.25) is 5.02 Å². The van der Waals surface area contributed by atoms with Crippen LogP contribution in [-0.2, 0) is 5.88 Å². The highest BCUT2D eigenvalue weighted by molar-refractivity contribution is 6.32. The van der Waals surface area contributed by atoms with Gasteiger partial charge in [-0.15, -0.1) is 11.6 Å². The Kier molecular flexibility index (Phi) is 4.82. The molecule has 0 aliphatic rings. The molecule has 6 heteroatoms. The van der Waals surface area contributed by atoms with E-state index < -0.39 is 0 Å². The van der Waals surface area contributed by atoms with Gasteiger partial charge in [0.2, 0.25) is 0 Å². The van der Waals surface area contributed by atoms with Crippen molar-refractivity contribution < 1.29 is 4.74 Å². The number of hydrogen-bond acceptors (Lipinski definition) is 4. The molecular weight excluding hydrogens is 285 g/mol. The van der Waals surface area contributed by atoms with E-state index in [0.717, 1.165) is 17.0 Å². The number of nitrogens with zero attached hydrogens (tertiary/aromatic N) is 2. The lowest BCUT2D eigenvalue weighted by Crippen LogP contribution is -1.99. The molecular formula is C13H13Cl2N3O. The van der Waals surface area contributed by atoms with Crippen molar-refractivity contribution in [2.75, 3.05) is 11.9 Å². The van der Waals surface area contributed by atoms with Crippen molar-refractivity contribution >= 4 is 34.7 Å². The van der Waals surface area contributed by atoms with Gasteiger partial charge in [0.05, 0.1) is 18.7 Å². The van der Waals surface area contributed by atoms with Crippen molar-refractivity contribution in [3.8, 4) is 5.75 Å². The van der Waals surface area contributed by atoms with E-state index in [2.05, 4.69) is 15.3 Å². The first-order valence-corrected chi connectivity index (χ1v) is 6.70. The van der Waals surface area contributed by atoms with Gasteiger partial charge in [0.1, 0.15) is 17.1 Å². The minimum Gasteiger partial charge on any atom is -0.494 e. The second kappa shape index (κ2) is 6.59. The molecule has 0 aliphatic carbocycles. The normalized spacial score (nSPS) is 10.3. The van der Waals surface area contributed by atoms with E-state index in [1.54, 1.807) is 0 Å².